The number of aryl methyl sites for hydroxylation is 4. The van der Waals surface area contributed by atoms with Crippen LogP contribution >= 0.6 is 23.2 Å². The molecule has 12 aromatic rings. The first-order valence-corrected chi connectivity index (χ1v) is 36.3. The van der Waals surface area contributed by atoms with E-state index < -0.39 is 11.6 Å². The molecular formula is C85H81Cl2F2N11O12. The number of Topliss-reactive ketones (excluding diaryl/α,β-unsaturated/α-hetero) is 4. The van der Waals surface area contributed by atoms with E-state index in [1.165, 1.54) is 39.2 Å². The zero-order chi connectivity index (χ0) is 81.0. The second-order valence-electron chi connectivity index (χ2n) is 25.8. The van der Waals surface area contributed by atoms with Crippen molar-refractivity contribution in [2.75, 3.05) is 47.8 Å². The maximum absolute atomic E-state index is 14.6. The Morgan fingerprint density at radius 1 is 0.348 bits per heavy atom. The Labute approximate surface area is 655 Å². The molecule has 5 aromatic carbocycles. The lowest BCUT2D eigenvalue weighted by Gasteiger charge is -2.18. The molecule has 0 aliphatic rings. The van der Waals surface area contributed by atoms with Crippen molar-refractivity contribution in [2.45, 2.75) is 107 Å². The van der Waals surface area contributed by atoms with E-state index in [1.54, 1.807) is 223 Å². The number of carbonyl (C=O) groups excluding carboxylic acids is 8. The van der Waals surface area contributed by atoms with Gasteiger partial charge in [-0.05, 0) is 123 Å². The SMILES string of the molecule is CCC(=O)N(C)c1ccc(-c2ccc(C(=O)Cc3cnoc3C)cc2)c(F)c1.CCC(=O)N(C)c1ccc(-c2ccc(C(=O)Cc3cnoc3C)cn2)cc1Cl.CCC(=O)N(C)c1ccc(-c2ccc(C(=O)Cc3cnoc3C)nc2)cc1Cl.CCC(=O)N(C)c1ccc(-c2ccc(C(=O)Cc3cnoc3C)nc2)cc1F. The predicted molar refractivity (Wildman–Crippen MR) is 423 cm³/mol. The molecule has 0 unspecified atom stereocenters. The number of anilines is 4. The minimum Gasteiger partial charge on any atom is -0.361 e. The van der Waals surface area contributed by atoms with Crippen LogP contribution < -0.4 is 19.6 Å². The maximum atomic E-state index is 14.6. The molecule has 0 N–H and O–H groups in total. The van der Waals surface area contributed by atoms with Gasteiger partial charge in [-0.15, -0.1) is 0 Å². The molecule has 0 bridgehead atoms. The number of pyridine rings is 3. The van der Waals surface area contributed by atoms with Gasteiger partial charge in [-0.2, -0.15) is 0 Å². The van der Waals surface area contributed by atoms with E-state index in [4.69, 9.17) is 41.3 Å². The van der Waals surface area contributed by atoms with Gasteiger partial charge in [0.2, 0.25) is 23.6 Å². The summed E-state index contributed by atoms with van der Waals surface area (Å²) in [5.74, 6) is 0.920. The first kappa shape index (κ1) is 83.4. The fraction of sp³-hybridized carbons (Fsp3) is 0.235. The summed E-state index contributed by atoms with van der Waals surface area (Å²) in [6.45, 7) is 14.1. The lowest BCUT2D eigenvalue weighted by Crippen LogP contribution is -2.25. The van der Waals surface area contributed by atoms with Gasteiger partial charge in [0, 0.05) is 159 Å². The summed E-state index contributed by atoms with van der Waals surface area (Å²) in [6, 6.07) is 37.4. The van der Waals surface area contributed by atoms with Gasteiger partial charge in [0.05, 0.1) is 57.6 Å². The monoisotopic (exact) mass is 1560 g/mol. The number of halogens is 4. The number of carbonyl (C=O) groups is 8. The largest absolute Gasteiger partial charge is 0.361 e. The highest BCUT2D eigenvalue weighted by atomic mass is 35.5. The molecule has 0 atom stereocenters. The van der Waals surface area contributed by atoms with Gasteiger partial charge in [-0.3, -0.25) is 53.3 Å². The smallest absolute Gasteiger partial charge is 0.226 e. The van der Waals surface area contributed by atoms with Gasteiger partial charge in [0.25, 0.3) is 0 Å². The lowest BCUT2D eigenvalue weighted by molar-refractivity contribution is -0.118. The molecule has 0 aliphatic carbocycles. The first-order chi connectivity index (χ1) is 53.6. The summed E-state index contributed by atoms with van der Waals surface area (Å²) in [7, 11) is 6.57. The highest BCUT2D eigenvalue weighted by Crippen LogP contribution is 2.34. The van der Waals surface area contributed by atoms with Crippen molar-refractivity contribution in [1.82, 2.24) is 35.6 Å². The Hall–Kier alpha value is -12.6. The minimum absolute atomic E-state index is 0.0118. The fourth-order valence-electron chi connectivity index (χ4n) is 11.4. The van der Waals surface area contributed by atoms with Crippen molar-refractivity contribution in [3.05, 3.63) is 266 Å². The number of hydrogen-bond acceptors (Lipinski definition) is 19. The van der Waals surface area contributed by atoms with Crippen molar-refractivity contribution >= 4 is 92.7 Å². The standard InChI is InChI=1S/C22H21FN2O3.2C21H20ClN3O3.C21H20FN3O3/c1-4-22(27)25(3)18-9-10-19(20(23)12-18)15-5-7-16(8-6-15)21(26)11-17-13-24-28-14(17)2;1-4-21(27)25(3)19-8-6-14(9-17(19)22)18-7-5-15(11-23-18)20(26)10-16-12-24-28-13(16)2;2*1-4-21(27)25(3)19-8-6-14(9-17(19)22)15-5-7-18(23-11-15)20(26)10-16-12-24-28-13(16)2/h5-10,12-13H,4,11H2,1-3H3;3*5-9,11-12H,4,10H2,1-3H3. The van der Waals surface area contributed by atoms with Crippen LogP contribution in [0.25, 0.3) is 44.6 Å². The Morgan fingerprint density at radius 2 is 0.714 bits per heavy atom. The number of aromatic nitrogens is 7. The minimum atomic E-state index is -0.495. The molecule has 12 rings (SSSR count). The van der Waals surface area contributed by atoms with Crippen molar-refractivity contribution in [3.63, 3.8) is 0 Å². The van der Waals surface area contributed by atoms with Gasteiger partial charge in [0.15, 0.2) is 23.1 Å². The lowest BCUT2D eigenvalue weighted by atomic mass is 9.99. The molecule has 0 spiro atoms. The van der Waals surface area contributed by atoms with Crippen molar-refractivity contribution in [3.8, 4) is 44.6 Å². The molecular weight excluding hydrogens is 1480 g/mol. The molecule has 0 fully saturated rings. The molecule has 0 aliphatic heterocycles. The highest BCUT2D eigenvalue weighted by Gasteiger charge is 2.22. The summed E-state index contributed by atoms with van der Waals surface area (Å²) in [4.78, 5) is 116. The van der Waals surface area contributed by atoms with Gasteiger partial charge in [-0.25, -0.2) is 8.78 Å². The van der Waals surface area contributed by atoms with Crippen molar-refractivity contribution in [1.29, 1.82) is 0 Å². The number of amides is 4. The summed E-state index contributed by atoms with van der Waals surface area (Å²) >= 11 is 12.7. The van der Waals surface area contributed by atoms with E-state index in [1.807, 2.05) is 18.2 Å². The fourth-order valence-corrected chi connectivity index (χ4v) is 12.0. The third kappa shape index (κ3) is 21.0. The maximum Gasteiger partial charge on any atom is 0.226 e. The third-order valence-electron chi connectivity index (χ3n) is 18.4. The molecule has 4 amide bonds. The normalized spacial score (nSPS) is 10.7. The summed E-state index contributed by atoms with van der Waals surface area (Å²) in [5.41, 5.74) is 12.3. The quantitative estimate of drug-likeness (QED) is 0.0508. The average molecular weight is 1560 g/mol. The molecule has 7 heterocycles. The van der Waals surface area contributed by atoms with Crippen LogP contribution in [0, 0.1) is 39.3 Å². The molecule has 576 valence electrons. The topological polar surface area (TPSA) is 292 Å². The van der Waals surface area contributed by atoms with E-state index in [2.05, 4.69) is 35.6 Å². The second kappa shape index (κ2) is 38.6. The van der Waals surface area contributed by atoms with Crippen molar-refractivity contribution < 1.29 is 65.2 Å². The molecule has 0 saturated heterocycles. The first-order valence-electron chi connectivity index (χ1n) is 35.6. The number of hydrogen-bond donors (Lipinski definition) is 0. The highest BCUT2D eigenvalue weighted by molar-refractivity contribution is 6.34. The van der Waals surface area contributed by atoms with Gasteiger partial charge in [0.1, 0.15) is 46.1 Å². The average Bonchev–Trinajstić information content (AvgIpc) is 0.902. The predicted octanol–water partition coefficient (Wildman–Crippen LogP) is 17.6. The number of ketones is 4. The molecule has 0 radical (unpaired) electrons. The van der Waals surface area contributed by atoms with Gasteiger partial charge < -0.3 is 37.7 Å². The zero-order valence-electron chi connectivity index (χ0n) is 63.7. The summed E-state index contributed by atoms with van der Waals surface area (Å²) < 4.78 is 48.9. The van der Waals surface area contributed by atoms with Crippen LogP contribution in [-0.4, -0.2) is 111 Å². The Balaban J connectivity index is 0.000000171. The van der Waals surface area contributed by atoms with Crippen LogP contribution in [0.1, 0.15) is 140 Å². The molecule has 0 saturated carbocycles. The van der Waals surface area contributed by atoms with Crippen LogP contribution in [0.4, 0.5) is 31.5 Å². The van der Waals surface area contributed by atoms with E-state index in [9.17, 15) is 47.1 Å². The van der Waals surface area contributed by atoms with Crippen LogP contribution in [0.15, 0.2) is 195 Å². The van der Waals surface area contributed by atoms with E-state index in [0.29, 0.717) is 126 Å². The van der Waals surface area contributed by atoms with E-state index in [0.717, 1.165) is 38.9 Å². The number of rotatable bonds is 24. The Morgan fingerprint density at radius 3 is 1.09 bits per heavy atom. The zero-order valence-corrected chi connectivity index (χ0v) is 65.2. The Bertz CT molecular complexity index is 4980. The van der Waals surface area contributed by atoms with E-state index >= 15 is 0 Å². The van der Waals surface area contributed by atoms with Crippen LogP contribution in [-0.2, 0) is 44.9 Å². The number of benzene rings is 5. The van der Waals surface area contributed by atoms with Crippen LogP contribution in [0.3, 0.4) is 0 Å². The van der Waals surface area contributed by atoms with Crippen LogP contribution in [0.5, 0.6) is 0 Å². The van der Waals surface area contributed by atoms with Gasteiger partial charge in [-0.1, -0.05) is 126 Å². The molecule has 112 heavy (non-hydrogen) atoms. The van der Waals surface area contributed by atoms with E-state index in [-0.39, 0.29) is 78.1 Å². The molecule has 7 aromatic heterocycles. The van der Waals surface area contributed by atoms with Crippen molar-refractivity contribution in [2.24, 2.45) is 0 Å². The second-order valence-corrected chi connectivity index (χ2v) is 26.6. The molecule has 27 heteroatoms. The Kier molecular flexibility index (Phi) is 28.8. The number of nitrogens with zero attached hydrogens (tertiary/aromatic N) is 11. The van der Waals surface area contributed by atoms with Crippen LogP contribution in [0.2, 0.25) is 10.0 Å². The van der Waals surface area contributed by atoms with Gasteiger partial charge >= 0.3 is 0 Å². The summed E-state index contributed by atoms with van der Waals surface area (Å²) in [6.07, 6.45) is 13.1. The molecule has 23 nitrogen and oxygen atoms in total. The summed E-state index contributed by atoms with van der Waals surface area (Å²) in [5, 5.41) is 15.6. The third-order valence-corrected chi connectivity index (χ3v) is 19.0.